The van der Waals surface area contributed by atoms with Crippen LogP contribution in [0, 0.1) is 0 Å². The molecule has 0 bridgehead atoms. The summed E-state index contributed by atoms with van der Waals surface area (Å²) in [5.41, 5.74) is 4.15. The Balaban J connectivity index is 1.56. The zero-order valence-corrected chi connectivity index (χ0v) is 14.6. The monoisotopic (exact) mass is 343 g/mol. The molecule has 4 rings (SSSR count). The van der Waals surface area contributed by atoms with Gasteiger partial charge in [-0.05, 0) is 42.3 Å². The molecule has 26 heavy (non-hydrogen) atoms. The molecular formula is C22H21N3O. The Hall–Kier alpha value is -2.98. The molecule has 4 heteroatoms. The molecule has 1 aliphatic rings. The molecule has 0 aliphatic carbocycles. The highest BCUT2D eigenvalue weighted by Crippen LogP contribution is 2.26. The summed E-state index contributed by atoms with van der Waals surface area (Å²) in [5.74, 6) is 0.0711. The van der Waals surface area contributed by atoms with Gasteiger partial charge in [-0.15, -0.1) is 0 Å². The number of amides is 1. The summed E-state index contributed by atoms with van der Waals surface area (Å²) in [6.07, 6.45) is 2.76. The fourth-order valence-corrected chi connectivity index (χ4v) is 3.40. The van der Waals surface area contributed by atoms with Crippen LogP contribution < -0.4 is 4.90 Å². The molecule has 1 aliphatic heterocycles. The van der Waals surface area contributed by atoms with Crippen molar-refractivity contribution in [2.75, 3.05) is 18.0 Å². The van der Waals surface area contributed by atoms with Crippen LogP contribution in [0.4, 0.5) is 11.4 Å². The van der Waals surface area contributed by atoms with Crippen LogP contribution in [0.2, 0.25) is 0 Å². The average Bonchev–Trinajstić information content (AvgIpc) is 2.70. The molecule has 0 N–H and O–H groups in total. The van der Waals surface area contributed by atoms with Gasteiger partial charge in [0.05, 0.1) is 12.2 Å². The van der Waals surface area contributed by atoms with Crippen molar-refractivity contribution >= 4 is 17.3 Å². The van der Waals surface area contributed by atoms with Gasteiger partial charge in [0.15, 0.2) is 0 Å². The number of carbonyl (C=O) groups is 1. The average molecular weight is 343 g/mol. The number of hydrogen-bond acceptors (Lipinski definition) is 3. The van der Waals surface area contributed by atoms with E-state index in [0.717, 1.165) is 36.6 Å². The minimum Gasteiger partial charge on any atom is -0.288 e. The maximum atomic E-state index is 13.2. The highest BCUT2D eigenvalue weighted by molar-refractivity contribution is 6.01. The number of nitrogens with zero attached hydrogens (tertiary/aromatic N) is 3. The lowest BCUT2D eigenvalue weighted by molar-refractivity contribution is -0.119. The minimum absolute atomic E-state index is 0.0711. The molecule has 0 spiro atoms. The van der Waals surface area contributed by atoms with Crippen LogP contribution in [0.25, 0.3) is 0 Å². The molecule has 2 aromatic carbocycles. The zero-order chi connectivity index (χ0) is 17.8. The molecule has 0 radical (unpaired) electrons. The zero-order valence-electron chi connectivity index (χ0n) is 14.6. The predicted octanol–water partition coefficient (Wildman–Crippen LogP) is 3.80. The van der Waals surface area contributed by atoms with Crippen LogP contribution in [0.3, 0.4) is 0 Å². The quantitative estimate of drug-likeness (QED) is 0.723. The van der Waals surface area contributed by atoms with Crippen molar-refractivity contribution in [2.24, 2.45) is 0 Å². The molecule has 0 unspecified atom stereocenters. The van der Waals surface area contributed by atoms with Gasteiger partial charge in [-0.25, -0.2) is 0 Å². The van der Waals surface area contributed by atoms with Gasteiger partial charge in [-0.3, -0.25) is 19.6 Å². The third-order valence-corrected chi connectivity index (χ3v) is 4.69. The Morgan fingerprint density at radius 3 is 2.23 bits per heavy atom. The molecule has 1 amide bonds. The third-order valence-electron chi connectivity index (χ3n) is 4.69. The second-order valence-electron chi connectivity index (χ2n) is 6.47. The van der Waals surface area contributed by atoms with Gasteiger partial charge >= 0.3 is 0 Å². The molecule has 130 valence electrons. The van der Waals surface area contributed by atoms with Crippen LogP contribution >= 0.6 is 0 Å². The van der Waals surface area contributed by atoms with Gasteiger partial charge in [-0.2, -0.15) is 0 Å². The van der Waals surface area contributed by atoms with Gasteiger partial charge in [0.25, 0.3) is 0 Å². The van der Waals surface area contributed by atoms with Crippen LogP contribution in [0.1, 0.15) is 11.3 Å². The first-order valence-corrected chi connectivity index (χ1v) is 8.89. The van der Waals surface area contributed by atoms with E-state index in [1.165, 1.54) is 5.56 Å². The first-order chi connectivity index (χ1) is 12.8. The molecule has 4 nitrogen and oxygen atoms in total. The lowest BCUT2D eigenvalue weighted by atomic mass is 10.1. The number of pyridine rings is 1. The SMILES string of the molecule is O=C(CN1CCc2cccnc2C1)N(c1ccccc1)c1ccccc1. The Bertz CT molecular complexity index is 841. The van der Waals surface area contributed by atoms with E-state index < -0.39 is 0 Å². The Labute approximate surface area is 153 Å². The maximum absolute atomic E-state index is 13.2. The smallest absolute Gasteiger partial charge is 0.245 e. The Morgan fingerprint density at radius 2 is 1.58 bits per heavy atom. The van der Waals surface area contributed by atoms with E-state index >= 15 is 0 Å². The van der Waals surface area contributed by atoms with Crippen molar-refractivity contribution in [3.05, 3.63) is 90.3 Å². The summed E-state index contributed by atoms with van der Waals surface area (Å²) in [6.45, 7) is 1.97. The van der Waals surface area contributed by atoms with Crippen LogP contribution in [0.5, 0.6) is 0 Å². The second kappa shape index (κ2) is 7.50. The normalized spacial score (nSPS) is 13.8. The highest BCUT2D eigenvalue weighted by Gasteiger charge is 2.23. The fraction of sp³-hybridized carbons (Fsp3) is 0.182. The number of anilines is 2. The second-order valence-corrected chi connectivity index (χ2v) is 6.47. The van der Waals surface area contributed by atoms with Gasteiger partial charge < -0.3 is 0 Å². The first-order valence-electron chi connectivity index (χ1n) is 8.89. The Morgan fingerprint density at radius 1 is 0.923 bits per heavy atom. The molecule has 0 saturated carbocycles. The van der Waals surface area contributed by atoms with Crippen molar-refractivity contribution < 1.29 is 4.79 Å². The summed E-state index contributed by atoms with van der Waals surface area (Å²) in [5, 5.41) is 0. The van der Waals surface area contributed by atoms with Crippen molar-refractivity contribution in [3.63, 3.8) is 0 Å². The number of rotatable bonds is 4. The topological polar surface area (TPSA) is 36.4 Å². The molecule has 0 fully saturated rings. The lowest BCUT2D eigenvalue weighted by Crippen LogP contribution is -2.40. The molecular weight excluding hydrogens is 322 g/mol. The van der Waals surface area contributed by atoms with E-state index in [4.69, 9.17) is 0 Å². The maximum Gasteiger partial charge on any atom is 0.245 e. The number of aromatic nitrogens is 1. The molecule has 0 atom stereocenters. The van der Waals surface area contributed by atoms with Crippen molar-refractivity contribution in [3.8, 4) is 0 Å². The van der Waals surface area contributed by atoms with E-state index in [1.54, 1.807) is 4.90 Å². The number of para-hydroxylation sites is 2. The summed E-state index contributed by atoms with van der Waals surface area (Å²) in [7, 11) is 0. The first kappa shape index (κ1) is 16.5. The van der Waals surface area contributed by atoms with Crippen LogP contribution in [-0.2, 0) is 17.8 Å². The standard InChI is InChI=1S/C22H21N3O/c26-22(17-24-15-13-18-8-7-14-23-21(18)16-24)25(19-9-3-1-4-10-19)20-11-5-2-6-12-20/h1-12,14H,13,15-17H2. The van der Waals surface area contributed by atoms with Crippen molar-refractivity contribution in [2.45, 2.75) is 13.0 Å². The van der Waals surface area contributed by atoms with E-state index in [-0.39, 0.29) is 5.91 Å². The summed E-state index contributed by atoms with van der Waals surface area (Å²) in [4.78, 5) is 21.6. The van der Waals surface area contributed by atoms with Crippen molar-refractivity contribution in [1.29, 1.82) is 0 Å². The minimum atomic E-state index is 0.0711. The molecule has 0 saturated heterocycles. The Kier molecular flexibility index (Phi) is 4.75. The fourth-order valence-electron chi connectivity index (χ4n) is 3.40. The lowest BCUT2D eigenvalue weighted by Gasteiger charge is -2.30. The van der Waals surface area contributed by atoms with Gasteiger partial charge in [-0.1, -0.05) is 42.5 Å². The summed E-state index contributed by atoms with van der Waals surface area (Å²) in [6, 6.07) is 23.7. The van der Waals surface area contributed by atoms with E-state index in [1.807, 2.05) is 72.9 Å². The van der Waals surface area contributed by atoms with Gasteiger partial charge in [0, 0.05) is 30.7 Å². The molecule has 1 aromatic heterocycles. The number of fused-ring (bicyclic) bond motifs is 1. The van der Waals surface area contributed by atoms with E-state index in [2.05, 4.69) is 16.0 Å². The highest BCUT2D eigenvalue weighted by atomic mass is 16.2. The summed E-state index contributed by atoms with van der Waals surface area (Å²) >= 11 is 0. The van der Waals surface area contributed by atoms with E-state index in [0.29, 0.717) is 6.54 Å². The summed E-state index contributed by atoms with van der Waals surface area (Å²) < 4.78 is 0. The number of benzene rings is 2. The third kappa shape index (κ3) is 3.51. The van der Waals surface area contributed by atoms with Crippen LogP contribution in [-0.4, -0.2) is 28.9 Å². The molecule has 3 aromatic rings. The van der Waals surface area contributed by atoms with Gasteiger partial charge in [0.2, 0.25) is 5.91 Å². The van der Waals surface area contributed by atoms with Crippen LogP contribution in [0.15, 0.2) is 79.0 Å². The molecule has 2 heterocycles. The number of carbonyl (C=O) groups excluding carboxylic acids is 1. The van der Waals surface area contributed by atoms with Gasteiger partial charge in [0.1, 0.15) is 0 Å². The number of hydrogen-bond donors (Lipinski definition) is 0. The van der Waals surface area contributed by atoms with Crippen molar-refractivity contribution in [1.82, 2.24) is 9.88 Å². The predicted molar refractivity (Wildman–Crippen MR) is 103 cm³/mol. The largest absolute Gasteiger partial charge is 0.288 e. The van der Waals surface area contributed by atoms with E-state index in [9.17, 15) is 4.79 Å².